The highest BCUT2D eigenvalue weighted by Gasteiger charge is 2.12. The first-order chi connectivity index (χ1) is 12.9. The van der Waals surface area contributed by atoms with E-state index in [4.69, 9.17) is 0 Å². The summed E-state index contributed by atoms with van der Waals surface area (Å²) in [5.74, 6) is -0.540. The van der Waals surface area contributed by atoms with Gasteiger partial charge in [0.1, 0.15) is 11.5 Å². The zero-order valence-corrected chi connectivity index (χ0v) is 15.6. The summed E-state index contributed by atoms with van der Waals surface area (Å²) in [4.78, 5) is 16.8. The third-order valence-electron chi connectivity index (χ3n) is 4.35. The number of pyridine rings is 1. The highest BCUT2D eigenvalue weighted by molar-refractivity contribution is 6.04. The van der Waals surface area contributed by atoms with Crippen LogP contribution in [0.4, 0.5) is 15.8 Å². The highest BCUT2D eigenvalue weighted by atomic mass is 19.1. The molecule has 0 aliphatic heterocycles. The van der Waals surface area contributed by atoms with E-state index in [9.17, 15) is 9.18 Å². The molecule has 2 N–H and O–H groups in total. The van der Waals surface area contributed by atoms with Crippen LogP contribution in [-0.2, 0) is 6.54 Å². The average Bonchev–Trinajstić information content (AvgIpc) is 2.64. The van der Waals surface area contributed by atoms with Crippen molar-refractivity contribution in [1.82, 2.24) is 4.98 Å². The van der Waals surface area contributed by atoms with Crippen molar-refractivity contribution in [3.05, 3.63) is 88.5 Å². The smallest absolute Gasteiger partial charge is 0.274 e. The minimum atomic E-state index is -0.278. The molecule has 138 valence electrons. The zero-order chi connectivity index (χ0) is 19.4. The van der Waals surface area contributed by atoms with E-state index >= 15 is 0 Å². The predicted octanol–water partition coefficient (Wildman–Crippen LogP) is 5.01. The quantitative estimate of drug-likeness (QED) is 0.670. The van der Waals surface area contributed by atoms with Crippen molar-refractivity contribution >= 4 is 17.3 Å². The first-order valence-electron chi connectivity index (χ1n) is 8.76. The normalized spacial score (nSPS) is 10.5. The second-order valence-electron chi connectivity index (χ2n) is 6.60. The summed E-state index contributed by atoms with van der Waals surface area (Å²) in [6.07, 6.45) is 1.56. The molecule has 27 heavy (non-hydrogen) atoms. The minimum absolute atomic E-state index is 0.262. The highest BCUT2D eigenvalue weighted by Crippen LogP contribution is 2.23. The number of halogens is 1. The van der Waals surface area contributed by atoms with E-state index in [-0.39, 0.29) is 11.7 Å². The Hall–Kier alpha value is -3.21. The van der Waals surface area contributed by atoms with Gasteiger partial charge in [-0.3, -0.25) is 9.78 Å². The first kappa shape index (κ1) is 18.6. The van der Waals surface area contributed by atoms with Gasteiger partial charge in [0.15, 0.2) is 0 Å². The van der Waals surface area contributed by atoms with Gasteiger partial charge in [-0.05, 0) is 50.1 Å². The molecule has 2 aromatic carbocycles. The van der Waals surface area contributed by atoms with E-state index in [0.717, 1.165) is 22.4 Å². The van der Waals surface area contributed by atoms with Gasteiger partial charge in [0.05, 0.1) is 0 Å². The van der Waals surface area contributed by atoms with Gasteiger partial charge in [-0.15, -0.1) is 0 Å². The van der Waals surface area contributed by atoms with Crippen molar-refractivity contribution in [2.24, 2.45) is 0 Å². The Kier molecular flexibility index (Phi) is 5.50. The van der Waals surface area contributed by atoms with Crippen LogP contribution in [-0.4, -0.2) is 10.9 Å². The molecular formula is C22H22FN3O. The van der Waals surface area contributed by atoms with E-state index in [1.54, 1.807) is 36.5 Å². The SMILES string of the molecule is Cc1cc(C)c(NC(=O)c2cc(NCc3ccccc3F)ccn2)c(C)c1. The first-order valence-corrected chi connectivity index (χ1v) is 8.76. The average molecular weight is 363 g/mol. The van der Waals surface area contributed by atoms with E-state index in [2.05, 4.69) is 15.6 Å². The van der Waals surface area contributed by atoms with Crippen molar-refractivity contribution in [2.45, 2.75) is 27.3 Å². The molecule has 1 amide bonds. The van der Waals surface area contributed by atoms with Gasteiger partial charge in [-0.2, -0.15) is 0 Å². The topological polar surface area (TPSA) is 54.0 Å². The molecule has 5 heteroatoms. The van der Waals surface area contributed by atoms with Crippen LogP contribution in [0.3, 0.4) is 0 Å². The lowest BCUT2D eigenvalue weighted by atomic mass is 10.0. The van der Waals surface area contributed by atoms with Crippen LogP contribution in [0.25, 0.3) is 0 Å². The molecule has 0 atom stereocenters. The number of hydrogen-bond donors (Lipinski definition) is 2. The molecule has 0 saturated heterocycles. The minimum Gasteiger partial charge on any atom is -0.381 e. The predicted molar refractivity (Wildman–Crippen MR) is 107 cm³/mol. The number of carbonyl (C=O) groups is 1. The van der Waals surface area contributed by atoms with Crippen molar-refractivity contribution in [3.8, 4) is 0 Å². The van der Waals surface area contributed by atoms with E-state index in [1.165, 1.54) is 6.07 Å². The summed E-state index contributed by atoms with van der Waals surface area (Å²) < 4.78 is 13.7. The summed E-state index contributed by atoms with van der Waals surface area (Å²) in [6, 6.07) is 14.1. The molecule has 3 rings (SSSR count). The molecule has 3 aromatic rings. The fraction of sp³-hybridized carbons (Fsp3) is 0.182. The van der Waals surface area contributed by atoms with Gasteiger partial charge in [0.25, 0.3) is 5.91 Å². The largest absolute Gasteiger partial charge is 0.381 e. The van der Waals surface area contributed by atoms with Gasteiger partial charge in [0, 0.05) is 29.7 Å². The standard InChI is InChI=1S/C22H22FN3O/c1-14-10-15(2)21(16(3)11-14)26-22(27)20-12-18(8-9-24-20)25-13-17-6-4-5-7-19(17)23/h4-12H,13H2,1-3H3,(H,24,25)(H,26,27). The number of rotatable bonds is 5. The fourth-order valence-electron chi connectivity index (χ4n) is 3.06. The Morgan fingerprint density at radius 2 is 1.74 bits per heavy atom. The van der Waals surface area contributed by atoms with Crippen molar-refractivity contribution < 1.29 is 9.18 Å². The number of benzene rings is 2. The maximum atomic E-state index is 13.7. The van der Waals surface area contributed by atoms with Gasteiger partial charge in [-0.25, -0.2) is 4.39 Å². The Bertz CT molecular complexity index is 962. The van der Waals surface area contributed by atoms with Gasteiger partial charge in [0.2, 0.25) is 0 Å². The third-order valence-corrected chi connectivity index (χ3v) is 4.35. The van der Waals surface area contributed by atoms with Gasteiger partial charge < -0.3 is 10.6 Å². The molecule has 1 aromatic heterocycles. The number of hydrogen-bond acceptors (Lipinski definition) is 3. The molecule has 0 spiro atoms. The van der Waals surface area contributed by atoms with Crippen molar-refractivity contribution in [3.63, 3.8) is 0 Å². The van der Waals surface area contributed by atoms with Crippen molar-refractivity contribution in [1.29, 1.82) is 0 Å². The van der Waals surface area contributed by atoms with E-state index in [1.807, 2.05) is 32.9 Å². The van der Waals surface area contributed by atoms with Gasteiger partial charge >= 0.3 is 0 Å². The molecule has 4 nitrogen and oxygen atoms in total. The number of nitrogens with one attached hydrogen (secondary N) is 2. The number of amides is 1. The van der Waals surface area contributed by atoms with Crippen molar-refractivity contribution in [2.75, 3.05) is 10.6 Å². The third kappa shape index (κ3) is 4.50. The number of aryl methyl sites for hydroxylation is 3. The molecule has 0 unspecified atom stereocenters. The summed E-state index contributed by atoms with van der Waals surface area (Å²) >= 11 is 0. The Morgan fingerprint density at radius 3 is 2.44 bits per heavy atom. The van der Waals surface area contributed by atoms with Crippen LogP contribution in [0.5, 0.6) is 0 Å². The molecule has 1 heterocycles. The number of aromatic nitrogens is 1. The second kappa shape index (κ2) is 7.99. The molecule has 0 aliphatic carbocycles. The van der Waals surface area contributed by atoms with Crippen LogP contribution in [0.2, 0.25) is 0 Å². The molecule has 0 fully saturated rings. The lowest BCUT2D eigenvalue weighted by molar-refractivity contribution is 0.102. The summed E-state index contributed by atoms with van der Waals surface area (Å²) in [6.45, 7) is 6.29. The Balaban J connectivity index is 1.73. The number of carbonyl (C=O) groups excluding carboxylic acids is 1. The van der Waals surface area contributed by atoms with E-state index < -0.39 is 0 Å². The maximum Gasteiger partial charge on any atom is 0.274 e. The Morgan fingerprint density at radius 1 is 1.04 bits per heavy atom. The lowest BCUT2D eigenvalue weighted by Gasteiger charge is -2.13. The molecular weight excluding hydrogens is 341 g/mol. The number of nitrogens with zero attached hydrogens (tertiary/aromatic N) is 1. The molecule has 0 aliphatic rings. The lowest BCUT2D eigenvalue weighted by Crippen LogP contribution is -2.16. The summed E-state index contributed by atoms with van der Waals surface area (Å²) in [7, 11) is 0. The van der Waals surface area contributed by atoms with Crippen LogP contribution in [0, 0.1) is 26.6 Å². The molecule has 0 saturated carbocycles. The Labute approximate surface area is 158 Å². The fourth-order valence-corrected chi connectivity index (χ4v) is 3.06. The van der Waals surface area contributed by atoms with Crippen LogP contribution in [0.15, 0.2) is 54.7 Å². The zero-order valence-electron chi connectivity index (χ0n) is 15.6. The monoisotopic (exact) mass is 363 g/mol. The van der Waals surface area contributed by atoms with Crippen LogP contribution in [0.1, 0.15) is 32.7 Å². The van der Waals surface area contributed by atoms with E-state index in [0.29, 0.717) is 23.5 Å². The molecule has 0 radical (unpaired) electrons. The number of anilines is 2. The summed E-state index contributed by atoms with van der Waals surface area (Å²) in [5.41, 5.74) is 5.54. The maximum absolute atomic E-state index is 13.7. The molecule has 0 bridgehead atoms. The summed E-state index contributed by atoms with van der Waals surface area (Å²) in [5, 5.41) is 6.07. The van der Waals surface area contributed by atoms with Crippen LogP contribution < -0.4 is 10.6 Å². The second-order valence-corrected chi connectivity index (χ2v) is 6.60. The van der Waals surface area contributed by atoms with Crippen LogP contribution >= 0.6 is 0 Å². The van der Waals surface area contributed by atoms with Gasteiger partial charge in [-0.1, -0.05) is 35.9 Å².